The number of hydrogen-bond acceptors (Lipinski definition) is 3. The van der Waals surface area contributed by atoms with Crippen molar-refractivity contribution in [1.29, 1.82) is 0 Å². The Kier molecular flexibility index (Phi) is 3.62. The van der Waals surface area contributed by atoms with Gasteiger partial charge in [-0.05, 0) is 44.5 Å². The maximum Gasteiger partial charge on any atom is 0.0543 e. The summed E-state index contributed by atoms with van der Waals surface area (Å²) in [7, 11) is 0. The molecule has 0 atom stereocenters. The van der Waals surface area contributed by atoms with Crippen LogP contribution in [0.1, 0.15) is 37.8 Å². The van der Waals surface area contributed by atoms with E-state index in [1.807, 2.05) is 12.3 Å². The summed E-state index contributed by atoms with van der Waals surface area (Å²) in [4.78, 5) is 7.05. The Morgan fingerprint density at radius 1 is 1.22 bits per heavy atom. The van der Waals surface area contributed by atoms with Crippen LogP contribution in [-0.2, 0) is 6.54 Å². The first-order chi connectivity index (χ1) is 8.86. The third-order valence-corrected chi connectivity index (χ3v) is 4.35. The van der Waals surface area contributed by atoms with E-state index in [0.29, 0.717) is 5.54 Å². The van der Waals surface area contributed by atoms with Gasteiger partial charge in [0, 0.05) is 24.8 Å². The molecule has 0 amide bonds. The van der Waals surface area contributed by atoms with Gasteiger partial charge in [-0.3, -0.25) is 9.88 Å². The lowest BCUT2D eigenvalue weighted by Gasteiger charge is -2.33. The first-order valence-electron chi connectivity index (χ1n) is 7.24. The van der Waals surface area contributed by atoms with Crippen molar-refractivity contribution >= 4 is 0 Å². The van der Waals surface area contributed by atoms with E-state index in [1.165, 1.54) is 57.4 Å². The molecule has 1 spiro atoms. The Morgan fingerprint density at radius 3 is 2.89 bits per heavy atom. The van der Waals surface area contributed by atoms with Gasteiger partial charge in [-0.25, -0.2) is 0 Å². The van der Waals surface area contributed by atoms with Crippen LogP contribution in [0.15, 0.2) is 24.4 Å². The Bertz CT molecular complexity index is 371. The summed E-state index contributed by atoms with van der Waals surface area (Å²) in [5.41, 5.74) is 1.61. The van der Waals surface area contributed by atoms with E-state index in [2.05, 4.69) is 27.3 Å². The SMILES string of the molecule is c1ccc(CN2CCCNC3(CCCC3)C2)nc1. The van der Waals surface area contributed by atoms with Crippen molar-refractivity contribution in [2.24, 2.45) is 0 Å². The highest BCUT2D eigenvalue weighted by molar-refractivity contribution is 5.04. The Morgan fingerprint density at radius 2 is 2.11 bits per heavy atom. The van der Waals surface area contributed by atoms with E-state index < -0.39 is 0 Å². The average Bonchev–Trinajstić information content (AvgIpc) is 2.75. The number of nitrogens with zero attached hydrogens (tertiary/aromatic N) is 2. The van der Waals surface area contributed by atoms with Gasteiger partial charge in [-0.15, -0.1) is 0 Å². The molecule has 1 aliphatic carbocycles. The topological polar surface area (TPSA) is 28.2 Å². The van der Waals surface area contributed by atoms with E-state index >= 15 is 0 Å². The molecule has 18 heavy (non-hydrogen) atoms. The normalized spacial score (nSPS) is 24.2. The molecule has 0 bridgehead atoms. The molecular formula is C15H23N3. The molecule has 0 aromatic carbocycles. The molecule has 98 valence electrons. The van der Waals surface area contributed by atoms with Crippen LogP contribution in [0.3, 0.4) is 0 Å². The lowest BCUT2D eigenvalue weighted by Crippen LogP contribution is -2.49. The van der Waals surface area contributed by atoms with Crippen LogP contribution in [0, 0.1) is 0 Å². The maximum absolute atomic E-state index is 4.46. The van der Waals surface area contributed by atoms with Crippen LogP contribution in [0.4, 0.5) is 0 Å². The molecule has 1 aliphatic heterocycles. The molecular weight excluding hydrogens is 222 g/mol. The third kappa shape index (κ3) is 2.73. The molecule has 1 saturated carbocycles. The van der Waals surface area contributed by atoms with Crippen LogP contribution < -0.4 is 5.32 Å². The molecule has 3 heteroatoms. The summed E-state index contributed by atoms with van der Waals surface area (Å²) >= 11 is 0. The van der Waals surface area contributed by atoms with Crippen LogP contribution in [0.2, 0.25) is 0 Å². The fourth-order valence-corrected chi connectivity index (χ4v) is 3.46. The summed E-state index contributed by atoms with van der Waals surface area (Å²) < 4.78 is 0. The van der Waals surface area contributed by atoms with Crippen LogP contribution in [-0.4, -0.2) is 35.1 Å². The largest absolute Gasteiger partial charge is 0.310 e. The van der Waals surface area contributed by atoms with Crippen molar-refractivity contribution in [3.05, 3.63) is 30.1 Å². The van der Waals surface area contributed by atoms with Crippen molar-refractivity contribution in [2.45, 2.75) is 44.2 Å². The minimum Gasteiger partial charge on any atom is -0.310 e. The predicted octanol–water partition coefficient (Wildman–Crippen LogP) is 2.19. The molecule has 0 unspecified atom stereocenters. The van der Waals surface area contributed by atoms with Gasteiger partial charge in [0.2, 0.25) is 0 Å². The molecule has 3 nitrogen and oxygen atoms in total. The summed E-state index contributed by atoms with van der Waals surface area (Å²) in [5, 5.41) is 3.81. The second-order valence-corrected chi connectivity index (χ2v) is 5.80. The van der Waals surface area contributed by atoms with E-state index in [9.17, 15) is 0 Å². The highest BCUT2D eigenvalue weighted by Gasteiger charge is 2.36. The zero-order chi connectivity index (χ0) is 12.3. The van der Waals surface area contributed by atoms with Gasteiger partial charge in [0.05, 0.1) is 5.69 Å². The molecule has 0 radical (unpaired) electrons. The van der Waals surface area contributed by atoms with Crippen molar-refractivity contribution in [3.63, 3.8) is 0 Å². The Balaban J connectivity index is 1.68. The molecule has 3 rings (SSSR count). The minimum atomic E-state index is 0.408. The van der Waals surface area contributed by atoms with Gasteiger partial charge >= 0.3 is 0 Å². The molecule has 2 aliphatic rings. The van der Waals surface area contributed by atoms with Crippen LogP contribution in [0.5, 0.6) is 0 Å². The summed E-state index contributed by atoms with van der Waals surface area (Å²) in [6.07, 6.45) is 8.65. The smallest absolute Gasteiger partial charge is 0.0543 e. The van der Waals surface area contributed by atoms with Crippen molar-refractivity contribution in [1.82, 2.24) is 15.2 Å². The van der Waals surface area contributed by atoms with Gasteiger partial charge in [0.15, 0.2) is 0 Å². The second kappa shape index (κ2) is 5.37. The van der Waals surface area contributed by atoms with Gasteiger partial charge in [0.25, 0.3) is 0 Å². The lowest BCUT2D eigenvalue weighted by atomic mass is 9.97. The lowest BCUT2D eigenvalue weighted by molar-refractivity contribution is 0.202. The van der Waals surface area contributed by atoms with Gasteiger partial charge in [-0.2, -0.15) is 0 Å². The zero-order valence-corrected chi connectivity index (χ0v) is 11.1. The summed E-state index contributed by atoms with van der Waals surface area (Å²) in [6, 6.07) is 6.22. The molecule has 2 fully saturated rings. The molecule has 1 saturated heterocycles. The summed E-state index contributed by atoms with van der Waals surface area (Å²) in [6.45, 7) is 4.58. The number of rotatable bonds is 2. The Hall–Kier alpha value is -0.930. The number of hydrogen-bond donors (Lipinski definition) is 1. The van der Waals surface area contributed by atoms with Gasteiger partial charge < -0.3 is 5.32 Å². The van der Waals surface area contributed by atoms with Crippen molar-refractivity contribution in [3.8, 4) is 0 Å². The van der Waals surface area contributed by atoms with Crippen molar-refractivity contribution in [2.75, 3.05) is 19.6 Å². The molecule has 1 N–H and O–H groups in total. The van der Waals surface area contributed by atoms with E-state index in [0.717, 1.165) is 6.54 Å². The van der Waals surface area contributed by atoms with E-state index in [-0.39, 0.29) is 0 Å². The van der Waals surface area contributed by atoms with Gasteiger partial charge in [0.1, 0.15) is 0 Å². The number of pyridine rings is 1. The standard InChI is InChI=1S/C15H23N3/c1-4-9-16-14(6-1)12-18-11-5-10-17-15(13-18)7-2-3-8-15/h1,4,6,9,17H,2-3,5,7-8,10-13H2. The van der Waals surface area contributed by atoms with Crippen LogP contribution >= 0.6 is 0 Å². The first-order valence-corrected chi connectivity index (χ1v) is 7.24. The molecule has 1 aromatic heterocycles. The number of nitrogens with one attached hydrogen (secondary N) is 1. The molecule has 1 aromatic rings. The van der Waals surface area contributed by atoms with Crippen LogP contribution in [0.25, 0.3) is 0 Å². The first kappa shape index (κ1) is 12.1. The highest BCUT2D eigenvalue weighted by Crippen LogP contribution is 2.31. The van der Waals surface area contributed by atoms with E-state index in [1.54, 1.807) is 0 Å². The zero-order valence-electron chi connectivity index (χ0n) is 11.1. The predicted molar refractivity (Wildman–Crippen MR) is 73.3 cm³/mol. The highest BCUT2D eigenvalue weighted by atomic mass is 15.2. The fourth-order valence-electron chi connectivity index (χ4n) is 3.46. The quantitative estimate of drug-likeness (QED) is 0.865. The molecule has 2 heterocycles. The fraction of sp³-hybridized carbons (Fsp3) is 0.667. The van der Waals surface area contributed by atoms with Crippen molar-refractivity contribution < 1.29 is 0 Å². The Labute approximate surface area is 110 Å². The monoisotopic (exact) mass is 245 g/mol. The minimum absolute atomic E-state index is 0.408. The third-order valence-electron chi connectivity index (χ3n) is 4.35. The number of aromatic nitrogens is 1. The summed E-state index contributed by atoms with van der Waals surface area (Å²) in [5.74, 6) is 0. The van der Waals surface area contributed by atoms with E-state index in [4.69, 9.17) is 0 Å². The average molecular weight is 245 g/mol. The van der Waals surface area contributed by atoms with Gasteiger partial charge in [-0.1, -0.05) is 18.9 Å². The second-order valence-electron chi connectivity index (χ2n) is 5.80. The maximum atomic E-state index is 4.46.